The van der Waals surface area contributed by atoms with Crippen LogP contribution in [0.5, 0.6) is 0 Å². The lowest BCUT2D eigenvalue weighted by Gasteiger charge is -2.16. The fraction of sp³-hybridized carbons (Fsp3) is 0.211. The third kappa shape index (κ3) is 3.35. The van der Waals surface area contributed by atoms with Crippen LogP contribution < -0.4 is 0 Å². The third-order valence-electron chi connectivity index (χ3n) is 3.40. The minimum atomic E-state index is 0.934. The van der Waals surface area contributed by atoms with Crippen molar-refractivity contribution >= 4 is 0 Å². The van der Waals surface area contributed by atoms with Crippen molar-refractivity contribution in [2.75, 3.05) is 0 Å². The second-order valence-electron chi connectivity index (χ2n) is 5.10. The minimum absolute atomic E-state index is 0.934. The van der Waals surface area contributed by atoms with Crippen LogP contribution in [0.4, 0.5) is 0 Å². The zero-order chi connectivity index (χ0) is 13.7. The number of allylic oxidation sites excluding steroid dienone is 1. The highest BCUT2D eigenvalue weighted by Crippen LogP contribution is 2.25. The summed E-state index contributed by atoms with van der Waals surface area (Å²) in [7, 11) is 0. The first-order chi connectivity index (χ1) is 9.22. The van der Waals surface area contributed by atoms with E-state index < -0.39 is 0 Å². The summed E-state index contributed by atoms with van der Waals surface area (Å²) in [5, 5.41) is 0. The van der Waals surface area contributed by atoms with Gasteiger partial charge in [0.05, 0.1) is 0 Å². The van der Waals surface area contributed by atoms with Crippen molar-refractivity contribution in [2.45, 2.75) is 26.7 Å². The lowest BCUT2D eigenvalue weighted by Crippen LogP contribution is -2.03. The Labute approximate surface area is 116 Å². The average Bonchev–Trinajstić information content (AvgIpc) is 2.42. The molecule has 0 unspecified atom stereocenters. The molecule has 0 aliphatic rings. The molecule has 0 aliphatic carbocycles. The van der Waals surface area contributed by atoms with Crippen molar-refractivity contribution in [2.24, 2.45) is 0 Å². The normalized spacial score (nSPS) is 10.7. The molecule has 1 radical (unpaired) electrons. The summed E-state index contributed by atoms with van der Waals surface area (Å²) in [6, 6.07) is 17.2. The van der Waals surface area contributed by atoms with Gasteiger partial charge in [-0.05, 0) is 41.0 Å². The molecule has 0 aromatic heterocycles. The van der Waals surface area contributed by atoms with Crippen LogP contribution in [0.15, 0.2) is 61.2 Å². The van der Waals surface area contributed by atoms with Crippen molar-refractivity contribution in [1.82, 2.24) is 0 Å². The van der Waals surface area contributed by atoms with Gasteiger partial charge in [0.1, 0.15) is 0 Å². The monoisotopic (exact) mass is 249 g/mol. The topological polar surface area (TPSA) is 0 Å². The molecule has 0 amide bonds. The van der Waals surface area contributed by atoms with Gasteiger partial charge in [0, 0.05) is 0 Å². The number of hydrogen-bond acceptors (Lipinski definition) is 0. The van der Waals surface area contributed by atoms with Crippen LogP contribution in [0.25, 0.3) is 0 Å². The van der Waals surface area contributed by atoms with Gasteiger partial charge in [0.25, 0.3) is 0 Å². The Kier molecular flexibility index (Phi) is 4.57. The molecule has 0 fully saturated rings. The van der Waals surface area contributed by atoms with Gasteiger partial charge in [0.15, 0.2) is 0 Å². The van der Waals surface area contributed by atoms with Crippen LogP contribution in [0.1, 0.15) is 36.1 Å². The van der Waals surface area contributed by atoms with E-state index in [1.165, 1.54) is 28.2 Å². The quantitative estimate of drug-likeness (QED) is 0.656. The summed E-state index contributed by atoms with van der Waals surface area (Å²) in [5.41, 5.74) is 5.57. The standard InChI is InChI=1S/C19H21/c1-4-9-17-12-8-13-18(15(2)3)19(17)14-16-10-6-5-7-11-16/h4-8,10-13H,1,9,14H2,2-3H3. The van der Waals surface area contributed by atoms with E-state index in [-0.39, 0.29) is 0 Å². The molecule has 2 aromatic rings. The fourth-order valence-electron chi connectivity index (χ4n) is 2.46. The van der Waals surface area contributed by atoms with Gasteiger partial charge >= 0.3 is 0 Å². The van der Waals surface area contributed by atoms with Gasteiger partial charge in [-0.25, -0.2) is 0 Å². The van der Waals surface area contributed by atoms with Crippen LogP contribution in [-0.4, -0.2) is 0 Å². The van der Waals surface area contributed by atoms with Crippen LogP contribution in [0.3, 0.4) is 0 Å². The van der Waals surface area contributed by atoms with Crippen LogP contribution in [-0.2, 0) is 12.8 Å². The molecular weight excluding hydrogens is 228 g/mol. The van der Waals surface area contributed by atoms with Gasteiger partial charge in [-0.3, -0.25) is 0 Å². The highest BCUT2D eigenvalue weighted by Gasteiger charge is 2.11. The molecule has 0 heterocycles. The average molecular weight is 249 g/mol. The van der Waals surface area contributed by atoms with E-state index in [1.807, 2.05) is 6.08 Å². The van der Waals surface area contributed by atoms with Crippen LogP contribution in [0.2, 0.25) is 0 Å². The maximum atomic E-state index is 3.87. The number of rotatable bonds is 5. The minimum Gasteiger partial charge on any atom is -0.103 e. The Morgan fingerprint density at radius 3 is 2.37 bits per heavy atom. The molecule has 19 heavy (non-hydrogen) atoms. The first-order valence-corrected chi connectivity index (χ1v) is 6.78. The Balaban J connectivity index is 2.43. The fourth-order valence-corrected chi connectivity index (χ4v) is 2.46. The van der Waals surface area contributed by atoms with Gasteiger partial charge in [0.2, 0.25) is 0 Å². The zero-order valence-corrected chi connectivity index (χ0v) is 11.8. The van der Waals surface area contributed by atoms with Gasteiger partial charge in [-0.2, -0.15) is 0 Å². The molecular formula is C19H21. The van der Waals surface area contributed by atoms with Gasteiger partial charge in [-0.15, -0.1) is 6.58 Å². The second-order valence-corrected chi connectivity index (χ2v) is 5.10. The van der Waals surface area contributed by atoms with Crippen molar-refractivity contribution in [3.05, 3.63) is 89.4 Å². The van der Waals surface area contributed by atoms with Crippen molar-refractivity contribution in [3.63, 3.8) is 0 Å². The highest BCUT2D eigenvalue weighted by atomic mass is 14.2. The van der Waals surface area contributed by atoms with Gasteiger partial charge < -0.3 is 0 Å². The maximum Gasteiger partial charge on any atom is -0.000900 e. The first-order valence-electron chi connectivity index (χ1n) is 6.78. The molecule has 0 saturated carbocycles. The molecule has 2 aromatic carbocycles. The van der Waals surface area contributed by atoms with E-state index in [0.29, 0.717) is 0 Å². The Morgan fingerprint density at radius 1 is 1.00 bits per heavy atom. The molecule has 0 bridgehead atoms. The lowest BCUT2D eigenvalue weighted by atomic mass is 9.88. The highest BCUT2D eigenvalue weighted by molar-refractivity contribution is 5.45. The summed E-state index contributed by atoms with van der Waals surface area (Å²) >= 11 is 0. The lowest BCUT2D eigenvalue weighted by molar-refractivity contribution is 1.04. The number of hydrogen-bond donors (Lipinski definition) is 0. The zero-order valence-electron chi connectivity index (χ0n) is 11.8. The summed E-state index contributed by atoms with van der Waals surface area (Å²) in [6.07, 6.45) is 3.91. The Hall–Kier alpha value is -1.82. The SMILES string of the molecule is C=CCc1cccc([C](C)C)c1Cc1ccccc1. The summed E-state index contributed by atoms with van der Waals surface area (Å²) in [5.74, 6) is 1.37. The molecule has 2 rings (SSSR count). The first kappa shape index (κ1) is 13.6. The van der Waals surface area contributed by atoms with E-state index in [4.69, 9.17) is 0 Å². The molecule has 97 valence electrons. The summed E-state index contributed by atoms with van der Waals surface area (Å²) < 4.78 is 0. The predicted octanol–water partition coefficient (Wildman–Crippen LogP) is 4.97. The van der Waals surface area contributed by atoms with Crippen molar-refractivity contribution in [1.29, 1.82) is 0 Å². The smallest absolute Gasteiger partial charge is 0.000900 e. The van der Waals surface area contributed by atoms with E-state index in [2.05, 4.69) is 69.0 Å². The van der Waals surface area contributed by atoms with Crippen molar-refractivity contribution < 1.29 is 0 Å². The molecule has 0 atom stereocenters. The Morgan fingerprint density at radius 2 is 1.74 bits per heavy atom. The number of benzene rings is 2. The van der Waals surface area contributed by atoms with E-state index in [9.17, 15) is 0 Å². The van der Waals surface area contributed by atoms with Crippen LogP contribution in [0, 0.1) is 5.92 Å². The maximum absolute atomic E-state index is 3.87. The molecule has 0 spiro atoms. The molecule has 0 aliphatic heterocycles. The van der Waals surface area contributed by atoms with E-state index in [0.717, 1.165) is 12.8 Å². The molecule has 0 heteroatoms. The summed E-state index contributed by atoms with van der Waals surface area (Å²) in [6.45, 7) is 8.24. The predicted molar refractivity (Wildman–Crippen MR) is 83.3 cm³/mol. The Bertz CT molecular complexity index is 535. The third-order valence-corrected chi connectivity index (χ3v) is 3.40. The second kappa shape index (κ2) is 6.38. The van der Waals surface area contributed by atoms with E-state index >= 15 is 0 Å². The molecule has 0 N–H and O–H groups in total. The molecule has 0 nitrogen and oxygen atoms in total. The largest absolute Gasteiger partial charge is 0.103 e. The summed E-state index contributed by atoms with van der Waals surface area (Å²) in [4.78, 5) is 0. The van der Waals surface area contributed by atoms with Gasteiger partial charge in [-0.1, -0.05) is 68.5 Å². The molecule has 0 saturated heterocycles. The van der Waals surface area contributed by atoms with Crippen molar-refractivity contribution in [3.8, 4) is 0 Å². The van der Waals surface area contributed by atoms with E-state index in [1.54, 1.807) is 0 Å². The van der Waals surface area contributed by atoms with Crippen LogP contribution >= 0.6 is 0 Å².